The highest BCUT2D eigenvalue weighted by Crippen LogP contribution is 2.30. The molecule has 1 atom stereocenters. The molecule has 1 unspecified atom stereocenters. The molecule has 1 aliphatic heterocycles. The van der Waals surface area contributed by atoms with Crippen LogP contribution in [0.3, 0.4) is 0 Å². The summed E-state index contributed by atoms with van der Waals surface area (Å²) in [6.07, 6.45) is 6.66. The highest BCUT2D eigenvalue weighted by atomic mass is 35.5. The number of aryl methyl sites for hydroxylation is 2. The minimum atomic E-state index is 0.305. The van der Waals surface area contributed by atoms with Crippen LogP contribution in [-0.4, -0.2) is 12.0 Å². The third-order valence-electron chi connectivity index (χ3n) is 3.34. The first-order valence-electron chi connectivity index (χ1n) is 6.69. The van der Waals surface area contributed by atoms with Crippen molar-refractivity contribution in [2.75, 3.05) is 6.61 Å². The fraction of sp³-hybridized carbons (Fsp3) is 0.600. The number of alkyl halides is 1. The Labute approximate surface area is 109 Å². The Morgan fingerprint density at radius 3 is 3.06 bits per heavy atom. The molecule has 0 aliphatic carbocycles. The van der Waals surface area contributed by atoms with Crippen LogP contribution in [0.15, 0.2) is 18.2 Å². The van der Waals surface area contributed by atoms with E-state index in [0.29, 0.717) is 5.38 Å². The molecule has 0 saturated heterocycles. The van der Waals surface area contributed by atoms with Crippen LogP contribution in [0.2, 0.25) is 0 Å². The Balaban J connectivity index is 2.01. The van der Waals surface area contributed by atoms with Gasteiger partial charge >= 0.3 is 0 Å². The van der Waals surface area contributed by atoms with Gasteiger partial charge in [-0.15, -0.1) is 11.6 Å². The molecule has 0 bridgehead atoms. The van der Waals surface area contributed by atoms with Gasteiger partial charge in [0.05, 0.1) is 6.61 Å². The maximum Gasteiger partial charge on any atom is 0.125 e. The normalized spacial score (nSPS) is 16.1. The first-order valence-corrected chi connectivity index (χ1v) is 7.12. The van der Waals surface area contributed by atoms with E-state index in [1.54, 1.807) is 0 Å². The Morgan fingerprint density at radius 2 is 2.24 bits per heavy atom. The van der Waals surface area contributed by atoms with Crippen LogP contribution in [0.5, 0.6) is 5.75 Å². The zero-order chi connectivity index (χ0) is 12.1. The monoisotopic (exact) mass is 252 g/mol. The van der Waals surface area contributed by atoms with Gasteiger partial charge in [0.2, 0.25) is 0 Å². The molecule has 0 radical (unpaired) electrons. The molecule has 17 heavy (non-hydrogen) atoms. The molecule has 0 aromatic heterocycles. The van der Waals surface area contributed by atoms with Crippen LogP contribution >= 0.6 is 11.6 Å². The first-order chi connectivity index (χ1) is 8.31. The second kappa shape index (κ2) is 6.30. The van der Waals surface area contributed by atoms with Crippen molar-refractivity contribution < 1.29 is 4.74 Å². The average Bonchev–Trinajstić information content (AvgIpc) is 2.36. The van der Waals surface area contributed by atoms with E-state index >= 15 is 0 Å². The summed E-state index contributed by atoms with van der Waals surface area (Å²) in [5.41, 5.74) is 2.71. The van der Waals surface area contributed by atoms with E-state index in [2.05, 4.69) is 25.1 Å². The number of hydrogen-bond acceptors (Lipinski definition) is 1. The summed E-state index contributed by atoms with van der Waals surface area (Å²) in [5.74, 6) is 1.14. The van der Waals surface area contributed by atoms with Crippen LogP contribution in [-0.2, 0) is 12.8 Å². The Morgan fingerprint density at radius 1 is 1.35 bits per heavy atom. The quantitative estimate of drug-likeness (QED) is 0.708. The Bertz CT molecular complexity index is 362. The minimum absolute atomic E-state index is 0.305. The van der Waals surface area contributed by atoms with Gasteiger partial charge in [-0.1, -0.05) is 31.5 Å². The molecule has 0 fully saturated rings. The van der Waals surface area contributed by atoms with Gasteiger partial charge in [-0.3, -0.25) is 0 Å². The van der Waals surface area contributed by atoms with Crippen LogP contribution in [0, 0.1) is 0 Å². The lowest BCUT2D eigenvalue weighted by molar-refractivity contribution is 0.285. The molecule has 0 saturated carbocycles. The number of halogens is 1. The van der Waals surface area contributed by atoms with E-state index in [9.17, 15) is 0 Å². The molecule has 2 rings (SSSR count). The molecule has 1 nitrogen and oxygen atoms in total. The van der Waals surface area contributed by atoms with Crippen LogP contribution < -0.4 is 4.74 Å². The lowest BCUT2D eigenvalue weighted by atomic mass is 9.98. The highest BCUT2D eigenvalue weighted by molar-refractivity contribution is 6.20. The van der Waals surface area contributed by atoms with E-state index in [-0.39, 0.29) is 0 Å². The van der Waals surface area contributed by atoms with Crippen molar-refractivity contribution in [2.24, 2.45) is 0 Å². The van der Waals surface area contributed by atoms with E-state index in [1.807, 2.05) is 0 Å². The molecule has 94 valence electrons. The van der Waals surface area contributed by atoms with Gasteiger partial charge in [-0.25, -0.2) is 0 Å². The number of fused-ring (bicyclic) bond motifs is 1. The van der Waals surface area contributed by atoms with E-state index in [4.69, 9.17) is 16.3 Å². The standard InChI is InChI=1S/C15H21ClO/c1-2-5-14(16)10-9-13-7-3-6-12-8-4-11-17-15(12)13/h3,6-7,14H,2,4-5,8-11H2,1H3. The van der Waals surface area contributed by atoms with Gasteiger partial charge in [-0.05, 0) is 43.2 Å². The van der Waals surface area contributed by atoms with Crippen LogP contribution in [0.4, 0.5) is 0 Å². The zero-order valence-corrected chi connectivity index (χ0v) is 11.3. The Kier molecular flexibility index (Phi) is 4.73. The second-order valence-corrected chi connectivity index (χ2v) is 5.40. The number of hydrogen-bond donors (Lipinski definition) is 0. The van der Waals surface area contributed by atoms with E-state index in [1.165, 1.54) is 11.1 Å². The van der Waals surface area contributed by atoms with Crippen molar-refractivity contribution in [3.8, 4) is 5.75 Å². The maximum absolute atomic E-state index is 6.27. The molecule has 2 heteroatoms. The topological polar surface area (TPSA) is 9.23 Å². The molecule has 1 aromatic carbocycles. The largest absolute Gasteiger partial charge is 0.493 e. The number of benzene rings is 1. The van der Waals surface area contributed by atoms with Gasteiger partial charge in [0.15, 0.2) is 0 Å². The predicted molar refractivity (Wildman–Crippen MR) is 73.1 cm³/mol. The van der Waals surface area contributed by atoms with Crippen molar-refractivity contribution in [2.45, 2.75) is 50.8 Å². The van der Waals surface area contributed by atoms with Crippen molar-refractivity contribution in [3.63, 3.8) is 0 Å². The molecule has 1 heterocycles. The van der Waals surface area contributed by atoms with Gasteiger partial charge in [0, 0.05) is 5.38 Å². The summed E-state index contributed by atoms with van der Waals surface area (Å²) in [4.78, 5) is 0. The van der Waals surface area contributed by atoms with Gasteiger partial charge in [0.25, 0.3) is 0 Å². The van der Waals surface area contributed by atoms with Gasteiger partial charge in [0.1, 0.15) is 5.75 Å². The number of para-hydroxylation sites is 1. The molecule has 0 spiro atoms. The lowest BCUT2D eigenvalue weighted by Crippen LogP contribution is -2.11. The van der Waals surface area contributed by atoms with E-state index in [0.717, 1.165) is 50.9 Å². The molecule has 1 aliphatic rings. The Hall–Kier alpha value is -0.690. The van der Waals surface area contributed by atoms with Gasteiger partial charge < -0.3 is 4.74 Å². The van der Waals surface area contributed by atoms with Crippen LogP contribution in [0.1, 0.15) is 43.7 Å². The van der Waals surface area contributed by atoms with Crippen molar-refractivity contribution in [1.82, 2.24) is 0 Å². The SMILES string of the molecule is CCCC(Cl)CCc1cccc2c1OCCC2. The number of ether oxygens (including phenoxy) is 1. The summed E-state index contributed by atoms with van der Waals surface area (Å²) in [6, 6.07) is 6.51. The summed E-state index contributed by atoms with van der Waals surface area (Å²) in [5, 5.41) is 0.305. The van der Waals surface area contributed by atoms with E-state index < -0.39 is 0 Å². The summed E-state index contributed by atoms with van der Waals surface area (Å²) in [6.45, 7) is 3.05. The maximum atomic E-state index is 6.27. The van der Waals surface area contributed by atoms with Crippen molar-refractivity contribution in [3.05, 3.63) is 29.3 Å². The van der Waals surface area contributed by atoms with Crippen molar-refractivity contribution >= 4 is 11.6 Å². The number of rotatable bonds is 5. The first kappa shape index (κ1) is 12.8. The third kappa shape index (κ3) is 3.38. The highest BCUT2D eigenvalue weighted by Gasteiger charge is 2.14. The predicted octanol–water partition coefficient (Wildman–Crippen LogP) is 4.35. The lowest BCUT2D eigenvalue weighted by Gasteiger charge is -2.20. The smallest absolute Gasteiger partial charge is 0.125 e. The molecular formula is C15H21ClO. The summed E-state index contributed by atoms with van der Waals surface area (Å²) >= 11 is 6.27. The fourth-order valence-electron chi connectivity index (χ4n) is 2.42. The minimum Gasteiger partial charge on any atom is -0.493 e. The summed E-state index contributed by atoms with van der Waals surface area (Å²) in [7, 11) is 0. The third-order valence-corrected chi connectivity index (χ3v) is 3.78. The molecule has 0 amide bonds. The molecule has 0 N–H and O–H groups in total. The van der Waals surface area contributed by atoms with Crippen LogP contribution in [0.25, 0.3) is 0 Å². The van der Waals surface area contributed by atoms with Crippen molar-refractivity contribution in [1.29, 1.82) is 0 Å². The fourth-order valence-corrected chi connectivity index (χ4v) is 2.75. The summed E-state index contributed by atoms with van der Waals surface area (Å²) < 4.78 is 5.80. The average molecular weight is 253 g/mol. The zero-order valence-electron chi connectivity index (χ0n) is 10.5. The molecular weight excluding hydrogens is 232 g/mol. The second-order valence-electron chi connectivity index (χ2n) is 4.78. The van der Waals surface area contributed by atoms with Gasteiger partial charge in [-0.2, -0.15) is 0 Å². The molecule has 1 aromatic rings.